The van der Waals surface area contributed by atoms with E-state index in [-0.39, 0.29) is 12.3 Å². The average molecular weight is 423 g/mol. The minimum Gasteiger partial charge on any atom is -0.396 e. The van der Waals surface area contributed by atoms with E-state index < -0.39 is 0 Å². The van der Waals surface area contributed by atoms with Crippen LogP contribution >= 0.6 is 15.9 Å². The lowest BCUT2D eigenvalue weighted by molar-refractivity contribution is 0.299. The Kier molecular flexibility index (Phi) is 4.48. The fraction of sp³-hybridized carbons (Fsp3) is 0.158. The number of benzene rings is 1. The molecule has 3 aromatic heterocycles. The normalized spacial score (nSPS) is 11.0. The molecule has 0 aliphatic rings. The van der Waals surface area contributed by atoms with Crippen molar-refractivity contribution >= 4 is 27.0 Å². The van der Waals surface area contributed by atoms with Crippen molar-refractivity contribution in [3.63, 3.8) is 0 Å². The first kappa shape index (κ1) is 17.4. The van der Waals surface area contributed by atoms with Crippen LogP contribution in [0.25, 0.3) is 28.1 Å². The molecular weight excluding hydrogens is 408 g/mol. The summed E-state index contributed by atoms with van der Waals surface area (Å²) in [5.74, 6) is 0.681. The smallest absolute Gasteiger partial charge is 0.171 e. The maximum atomic E-state index is 9.42. The molecule has 8 heteroatoms. The summed E-state index contributed by atoms with van der Waals surface area (Å²) < 4.78 is 2.86. The van der Waals surface area contributed by atoms with Crippen molar-refractivity contribution in [2.75, 3.05) is 6.61 Å². The van der Waals surface area contributed by atoms with E-state index in [1.54, 1.807) is 6.33 Å². The van der Waals surface area contributed by atoms with Crippen LogP contribution in [-0.2, 0) is 6.42 Å². The number of H-pyrrole nitrogens is 1. The number of hydrogen-bond donors (Lipinski definition) is 2. The van der Waals surface area contributed by atoms with Crippen LogP contribution in [-0.4, -0.2) is 36.4 Å². The SMILES string of the molecule is Cc1[nH]nc(C#N)c1-c1nc(-n2cnc3cc(Br)ccc32)ccc1CCO. The number of rotatable bonds is 4. The molecule has 0 radical (unpaired) electrons. The molecule has 0 fully saturated rings. The van der Waals surface area contributed by atoms with Gasteiger partial charge in [0.1, 0.15) is 18.2 Å². The zero-order valence-electron chi connectivity index (χ0n) is 14.4. The van der Waals surface area contributed by atoms with Gasteiger partial charge in [-0.15, -0.1) is 0 Å². The summed E-state index contributed by atoms with van der Waals surface area (Å²) in [7, 11) is 0. The molecule has 0 bridgehead atoms. The molecule has 0 aliphatic heterocycles. The van der Waals surface area contributed by atoms with Crippen LogP contribution in [0.4, 0.5) is 0 Å². The molecular formula is C19H15BrN6O. The second kappa shape index (κ2) is 6.95. The number of aliphatic hydroxyl groups excluding tert-OH is 1. The quantitative estimate of drug-likeness (QED) is 0.524. The third kappa shape index (κ3) is 3.01. The average Bonchev–Trinajstić information content (AvgIpc) is 3.25. The van der Waals surface area contributed by atoms with Crippen LogP contribution in [0.2, 0.25) is 0 Å². The van der Waals surface area contributed by atoms with Crippen molar-refractivity contribution in [1.29, 1.82) is 5.26 Å². The van der Waals surface area contributed by atoms with Crippen LogP contribution in [0.3, 0.4) is 0 Å². The predicted octanol–water partition coefficient (Wildman–Crippen LogP) is 3.29. The highest BCUT2D eigenvalue weighted by Crippen LogP contribution is 2.29. The molecule has 4 aromatic rings. The lowest BCUT2D eigenvalue weighted by Gasteiger charge is -2.11. The Labute approximate surface area is 163 Å². The number of pyridine rings is 1. The molecule has 2 N–H and O–H groups in total. The van der Waals surface area contributed by atoms with Gasteiger partial charge in [0.15, 0.2) is 5.69 Å². The summed E-state index contributed by atoms with van der Waals surface area (Å²) in [6, 6.07) is 11.8. The largest absolute Gasteiger partial charge is 0.396 e. The van der Waals surface area contributed by atoms with Crippen molar-refractivity contribution in [3.05, 3.63) is 58.1 Å². The number of hydrogen-bond acceptors (Lipinski definition) is 5. The highest BCUT2D eigenvalue weighted by molar-refractivity contribution is 9.10. The van der Waals surface area contributed by atoms with Gasteiger partial charge < -0.3 is 5.11 Å². The van der Waals surface area contributed by atoms with Gasteiger partial charge in [0.25, 0.3) is 0 Å². The molecule has 4 rings (SSSR count). The zero-order chi connectivity index (χ0) is 19.0. The Balaban J connectivity index is 1.93. The predicted molar refractivity (Wildman–Crippen MR) is 104 cm³/mol. The van der Waals surface area contributed by atoms with Gasteiger partial charge in [-0.3, -0.25) is 9.67 Å². The summed E-state index contributed by atoms with van der Waals surface area (Å²) >= 11 is 3.46. The van der Waals surface area contributed by atoms with E-state index >= 15 is 0 Å². The number of aromatic nitrogens is 5. The molecule has 134 valence electrons. The van der Waals surface area contributed by atoms with E-state index in [1.807, 2.05) is 41.8 Å². The van der Waals surface area contributed by atoms with E-state index in [2.05, 4.69) is 37.2 Å². The molecule has 0 amide bonds. The van der Waals surface area contributed by atoms with Crippen molar-refractivity contribution in [3.8, 4) is 23.1 Å². The monoisotopic (exact) mass is 422 g/mol. The first-order valence-electron chi connectivity index (χ1n) is 8.31. The van der Waals surface area contributed by atoms with Gasteiger partial charge in [0.05, 0.1) is 22.3 Å². The zero-order valence-corrected chi connectivity index (χ0v) is 16.0. The van der Waals surface area contributed by atoms with Crippen LogP contribution in [0.15, 0.2) is 41.1 Å². The molecule has 3 heterocycles. The van der Waals surface area contributed by atoms with Crippen molar-refractivity contribution in [1.82, 2.24) is 24.7 Å². The topological polar surface area (TPSA) is 103 Å². The summed E-state index contributed by atoms with van der Waals surface area (Å²) in [6.07, 6.45) is 2.16. The third-order valence-electron chi connectivity index (χ3n) is 4.39. The molecule has 0 spiro atoms. The van der Waals surface area contributed by atoms with Gasteiger partial charge in [-0.25, -0.2) is 9.97 Å². The molecule has 0 unspecified atom stereocenters. The fourth-order valence-corrected chi connectivity index (χ4v) is 3.47. The standard InChI is InChI=1S/C19H15BrN6O/c1-11-18(15(9-21)25-24-11)19-12(6-7-27)2-5-17(23-19)26-10-22-14-8-13(20)3-4-16(14)26/h2-5,8,10,27H,6-7H2,1H3,(H,24,25). The molecule has 27 heavy (non-hydrogen) atoms. The molecule has 0 saturated carbocycles. The highest BCUT2D eigenvalue weighted by Gasteiger charge is 2.18. The molecule has 0 aliphatic carbocycles. The summed E-state index contributed by atoms with van der Waals surface area (Å²) in [5, 5.41) is 25.7. The van der Waals surface area contributed by atoms with Crippen LogP contribution in [0.1, 0.15) is 17.0 Å². The van der Waals surface area contributed by atoms with E-state index in [0.29, 0.717) is 23.5 Å². The number of aliphatic hydroxyl groups is 1. The van der Waals surface area contributed by atoms with Gasteiger partial charge >= 0.3 is 0 Å². The van der Waals surface area contributed by atoms with E-state index in [4.69, 9.17) is 4.98 Å². The Morgan fingerprint density at radius 3 is 2.93 bits per heavy atom. The summed E-state index contributed by atoms with van der Waals surface area (Å²) in [5.41, 5.74) is 4.98. The Hall–Kier alpha value is -3.02. The number of nitriles is 1. The van der Waals surface area contributed by atoms with Crippen LogP contribution in [0, 0.1) is 18.3 Å². The lowest BCUT2D eigenvalue weighted by atomic mass is 10.0. The first-order chi connectivity index (χ1) is 13.1. The summed E-state index contributed by atoms with van der Waals surface area (Å²) in [6.45, 7) is 1.85. The van der Waals surface area contributed by atoms with Gasteiger partial charge in [0.2, 0.25) is 0 Å². The highest BCUT2D eigenvalue weighted by atomic mass is 79.9. The summed E-state index contributed by atoms with van der Waals surface area (Å²) in [4.78, 5) is 9.25. The van der Waals surface area contributed by atoms with E-state index in [0.717, 1.165) is 26.8 Å². The maximum Gasteiger partial charge on any atom is 0.171 e. The second-order valence-electron chi connectivity index (χ2n) is 6.08. The van der Waals surface area contributed by atoms with Gasteiger partial charge in [0, 0.05) is 16.8 Å². The minimum absolute atomic E-state index is 0.00511. The van der Waals surface area contributed by atoms with E-state index in [1.165, 1.54) is 0 Å². The Morgan fingerprint density at radius 1 is 1.30 bits per heavy atom. The van der Waals surface area contributed by atoms with Gasteiger partial charge in [-0.2, -0.15) is 10.4 Å². The van der Waals surface area contributed by atoms with E-state index in [9.17, 15) is 10.4 Å². The number of imidazole rings is 1. The third-order valence-corrected chi connectivity index (χ3v) is 4.88. The van der Waals surface area contributed by atoms with Crippen molar-refractivity contribution < 1.29 is 5.11 Å². The number of aryl methyl sites for hydroxylation is 1. The van der Waals surface area contributed by atoms with Crippen molar-refractivity contribution in [2.24, 2.45) is 0 Å². The van der Waals surface area contributed by atoms with Gasteiger partial charge in [-0.05, 0) is 43.2 Å². The number of aromatic amines is 1. The van der Waals surface area contributed by atoms with Crippen molar-refractivity contribution in [2.45, 2.75) is 13.3 Å². The molecule has 0 saturated heterocycles. The van der Waals surface area contributed by atoms with Crippen LogP contribution in [0.5, 0.6) is 0 Å². The number of halogens is 1. The fourth-order valence-electron chi connectivity index (χ4n) is 3.12. The maximum absolute atomic E-state index is 9.42. The van der Waals surface area contributed by atoms with Crippen LogP contribution < -0.4 is 0 Å². The Bertz CT molecular complexity index is 1190. The lowest BCUT2D eigenvalue weighted by Crippen LogP contribution is -2.03. The Morgan fingerprint density at radius 2 is 2.15 bits per heavy atom. The number of nitrogens with zero attached hydrogens (tertiary/aromatic N) is 5. The molecule has 7 nitrogen and oxygen atoms in total. The minimum atomic E-state index is -0.00511. The first-order valence-corrected chi connectivity index (χ1v) is 9.11. The van der Waals surface area contributed by atoms with Gasteiger partial charge in [-0.1, -0.05) is 22.0 Å². The number of fused-ring (bicyclic) bond motifs is 1. The molecule has 1 aromatic carbocycles. The second-order valence-corrected chi connectivity index (χ2v) is 7.00. The molecule has 0 atom stereocenters. The number of nitrogens with one attached hydrogen (secondary N) is 1.